The van der Waals surface area contributed by atoms with E-state index < -0.39 is 0 Å². The van der Waals surface area contributed by atoms with E-state index in [2.05, 4.69) is 5.32 Å². The lowest BCUT2D eigenvalue weighted by Gasteiger charge is -2.36. The van der Waals surface area contributed by atoms with Crippen molar-refractivity contribution in [1.29, 1.82) is 0 Å². The van der Waals surface area contributed by atoms with Crippen molar-refractivity contribution < 1.29 is 19.0 Å². The third-order valence-corrected chi connectivity index (χ3v) is 4.89. The highest BCUT2D eigenvalue weighted by atomic mass is 19.1. The highest BCUT2D eigenvalue weighted by molar-refractivity contribution is 5.75. The van der Waals surface area contributed by atoms with Crippen LogP contribution in [-0.2, 0) is 0 Å². The summed E-state index contributed by atoms with van der Waals surface area (Å²) in [4.78, 5) is 14.6. The van der Waals surface area contributed by atoms with E-state index >= 15 is 0 Å². The van der Waals surface area contributed by atoms with Crippen LogP contribution in [0.1, 0.15) is 50.1 Å². The summed E-state index contributed by atoms with van der Waals surface area (Å²) in [5.74, 6) is 0.183. The number of rotatable bonds is 3. The number of amides is 2. The Kier molecular flexibility index (Phi) is 5.56. The molecule has 2 N–H and O–H groups in total. The van der Waals surface area contributed by atoms with Crippen molar-refractivity contribution in [1.82, 2.24) is 10.2 Å². The first kappa shape index (κ1) is 17.0. The number of nitrogens with zero attached hydrogens (tertiary/aromatic N) is 1. The van der Waals surface area contributed by atoms with E-state index in [4.69, 9.17) is 4.74 Å². The molecule has 0 bridgehead atoms. The van der Waals surface area contributed by atoms with Gasteiger partial charge in [0.25, 0.3) is 0 Å². The number of ether oxygens (including phenoxy) is 1. The van der Waals surface area contributed by atoms with Gasteiger partial charge < -0.3 is 20.1 Å². The maximum Gasteiger partial charge on any atom is 0.318 e. The van der Waals surface area contributed by atoms with Crippen molar-refractivity contribution in [2.45, 2.75) is 50.6 Å². The van der Waals surface area contributed by atoms with Crippen molar-refractivity contribution in [3.8, 4) is 5.75 Å². The largest absolute Gasteiger partial charge is 0.493 e. The molecular formula is C18H25FN2O3. The summed E-state index contributed by atoms with van der Waals surface area (Å²) in [5, 5.41) is 12.3. The van der Waals surface area contributed by atoms with E-state index in [9.17, 15) is 14.3 Å². The second-order valence-electron chi connectivity index (χ2n) is 6.53. The Morgan fingerprint density at radius 3 is 3.04 bits per heavy atom. The second-order valence-corrected chi connectivity index (χ2v) is 6.53. The summed E-state index contributed by atoms with van der Waals surface area (Å²) >= 11 is 0. The highest BCUT2D eigenvalue weighted by Gasteiger charge is 2.29. The van der Waals surface area contributed by atoms with Crippen LogP contribution in [0.3, 0.4) is 0 Å². The fourth-order valence-corrected chi connectivity index (χ4v) is 3.65. The summed E-state index contributed by atoms with van der Waals surface area (Å²) in [6, 6.07) is 4.31. The number of hydrogen-bond donors (Lipinski definition) is 2. The van der Waals surface area contributed by atoms with E-state index in [0.717, 1.165) is 44.2 Å². The average molecular weight is 336 g/mol. The lowest BCUT2D eigenvalue weighted by molar-refractivity contribution is 0.129. The van der Waals surface area contributed by atoms with Crippen molar-refractivity contribution in [2.24, 2.45) is 0 Å². The molecule has 0 aromatic heterocycles. The zero-order valence-corrected chi connectivity index (χ0v) is 13.8. The number of urea groups is 1. The summed E-state index contributed by atoms with van der Waals surface area (Å²) in [6.07, 6.45) is 5.20. The molecule has 5 nitrogen and oxygen atoms in total. The maximum absolute atomic E-state index is 13.4. The first-order valence-electron chi connectivity index (χ1n) is 8.79. The number of piperidine rings is 1. The van der Waals surface area contributed by atoms with Gasteiger partial charge in [0.05, 0.1) is 12.6 Å². The van der Waals surface area contributed by atoms with Gasteiger partial charge >= 0.3 is 6.03 Å². The number of likely N-dealkylation sites (tertiary alicyclic amines) is 1. The summed E-state index contributed by atoms with van der Waals surface area (Å²) in [6.45, 7) is 1.34. The predicted molar refractivity (Wildman–Crippen MR) is 88.4 cm³/mol. The molecule has 1 aromatic carbocycles. The molecule has 2 aliphatic heterocycles. The summed E-state index contributed by atoms with van der Waals surface area (Å²) in [7, 11) is 0. The molecule has 24 heavy (non-hydrogen) atoms. The molecule has 0 aliphatic carbocycles. The Morgan fingerprint density at radius 1 is 1.33 bits per heavy atom. The molecule has 6 heteroatoms. The number of halogens is 1. The monoisotopic (exact) mass is 336 g/mol. The van der Waals surface area contributed by atoms with Gasteiger partial charge in [-0.25, -0.2) is 9.18 Å². The Morgan fingerprint density at radius 2 is 2.21 bits per heavy atom. The van der Waals surface area contributed by atoms with Crippen LogP contribution >= 0.6 is 0 Å². The number of aliphatic hydroxyl groups excluding tert-OH is 1. The van der Waals surface area contributed by atoms with E-state index in [0.29, 0.717) is 18.8 Å². The molecule has 2 atom stereocenters. The fraction of sp³-hybridized carbons (Fsp3) is 0.611. The smallest absolute Gasteiger partial charge is 0.318 e. The zero-order chi connectivity index (χ0) is 16.9. The lowest BCUT2D eigenvalue weighted by Crippen LogP contribution is -2.49. The van der Waals surface area contributed by atoms with Crippen LogP contribution in [-0.4, -0.2) is 41.8 Å². The van der Waals surface area contributed by atoms with Crippen molar-refractivity contribution in [3.63, 3.8) is 0 Å². The Hall–Kier alpha value is -1.82. The molecule has 3 rings (SSSR count). The second kappa shape index (κ2) is 7.83. The van der Waals surface area contributed by atoms with Gasteiger partial charge in [-0.15, -0.1) is 0 Å². The third kappa shape index (κ3) is 3.80. The molecular weight excluding hydrogens is 311 g/mol. The molecule has 0 saturated carbocycles. The van der Waals surface area contributed by atoms with E-state index in [-0.39, 0.29) is 30.5 Å². The highest BCUT2D eigenvalue weighted by Crippen LogP contribution is 2.32. The van der Waals surface area contributed by atoms with Gasteiger partial charge in [-0.05, 0) is 44.6 Å². The fourth-order valence-electron chi connectivity index (χ4n) is 3.65. The third-order valence-electron chi connectivity index (χ3n) is 4.89. The van der Waals surface area contributed by atoms with Crippen LogP contribution in [0.4, 0.5) is 9.18 Å². The van der Waals surface area contributed by atoms with Gasteiger partial charge in [-0.2, -0.15) is 0 Å². The number of hydrogen-bond acceptors (Lipinski definition) is 3. The van der Waals surface area contributed by atoms with Crippen molar-refractivity contribution in [2.75, 3.05) is 19.8 Å². The first-order chi connectivity index (χ1) is 11.7. The Labute approximate surface area is 141 Å². The molecule has 1 fully saturated rings. The minimum Gasteiger partial charge on any atom is -0.493 e. The lowest BCUT2D eigenvalue weighted by atomic mass is 9.99. The minimum absolute atomic E-state index is 0.0911. The van der Waals surface area contributed by atoms with Crippen LogP contribution in [0.25, 0.3) is 0 Å². The van der Waals surface area contributed by atoms with Gasteiger partial charge in [0.1, 0.15) is 11.6 Å². The molecule has 0 spiro atoms. The Bertz CT molecular complexity index is 579. The number of carbonyl (C=O) groups is 1. The number of fused-ring (bicyclic) bond motifs is 1. The number of nitrogens with one attached hydrogen (secondary N) is 1. The van der Waals surface area contributed by atoms with Crippen LogP contribution in [0.2, 0.25) is 0 Å². The first-order valence-corrected chi connectivity index (χ1v) is 8.79. The topological polar surface area (TPSA) is 61.8 Å². The molecule has 2 unspecified atom stereocenters. The number of aliphatic hydroxyl groups is 1. The molecule has 1 aromatic rings. The van der Waals surface area contributed by atoms with Crippen molar-refractivity contribution in [3.05, 3.63) is 29.6 Å². The van der Waals surface area contributed by atoms with Gasteiger partial charge in [0, 0.05) is 30.8 Å². The summed E-state index contributed by atoms with van der Waals surface area (Å²) < 4.78 is 19.1. The van der Waals surface area contributed by atoms with Gasteiger partial charge in [0.2, 0.25) is 0 Å². The molecule has 132 valence electrons. The predicted octanol–water partition coefficient (Wildman–Crippen LogP) is 2.99. The van der Waals surface area contributed by atoms with Crippen molar-refractivity contribution >= 4 is 6.03 Å². The standard InChI is InChI=1S/C18H25FN2O3/c19-13-6-7-15-16(5-3-11-24-17(15)12-13)20-18(23)21-9-2-1-4-14(21)8-10-22/h6-7,12,14,16,22H,1-5,8-11H2,(H,20,23). The SMILES string of the molecule is O=C(NC1CCCOc2cc(F)ccc21)N1CCCCC1CCO. The van der Waals surface area contributed by atoms with Crippen LogP contribution < -0.4 is 10.1 Å². The van der Waals surface area contributed by atoms with E-state index in [1.165, 1.54) is 12.1 Å². The zero-order valence-electron chi connectivity index (χ0n) is 13.8. The van der Waals surface area contributed by atoms with E-state index in [1.54, 1.807) is 6.07 Å². The quantitative estimate of drug-likeness (QED) is 0.892. The van der Waals surface area contributed by atoms with Crippen LogP contribution in [0.15, 0.2) is 18.2 Å². The normalized spacial score (nSPS) is 23.8. The van der Waals surface area contributed by atoms with E-state index in [1.807, 2.05) is 4.90 Å². The molecule has 2 heterocycles. The number of benzene rings is 1. The van der Waals surface area contributed by atoms with Crippen LogP contribution in [0, 0.1) is 5.82 Å². The van der Waals surface area contributed by atoms with Gasteiger partial charge in [0.15, 0.2) is 0 Å². The molecule has 0 radical (unpaired) electrons. The molecule has 2 amide bonds. The van der Waals surface area contributed by atoms with Gasteiger partial charge in [-0.1, -0.05) is 6.07 Å². The average Bonchev–Trinajstić information content (AvgIpc) is 2.77. The molecule has 1 saturated heterocycles. The summed E-state index contributed by atoms with van der Waals surface area (Å²) in [5.41, 5.74) is 0.831. The van der Waals surface area contributed by atoms with Gasteiger partial charge in [-0.3, -0.25) is 0 Å². The Balaban J connectivity index is 1.74. The number of carbonyl (C=O) groups excluding carboxylic acids is 1. The minimum atomic E-state index is -0.334. The van der Waals surface area contributed by atoms with Crippen LogP contribution in [0.5, 0.6) is 5.75 Å². The maximum atomic E-state index is 13.4. The molecule has 2 aliphatic rings.